The number of aromatic amines is 1. The number of allylic oxidation sites excluding steroid dienone is 1. The average molecular weight is 318 g/mol. The van der Waals surface area contributed by atoms with E-state index in [9.17, 15) is 9.59 Å². The number of nitrogens with zero attached hydrogens (tertiary/aromatic N) is 1. The summed E-state index contributed by atoms with van der Waals surface area (Å²) in [5.74, 6) is -0.301. The molecule has 0 fully saturated rings. The van der Waals surface area contributed by atoms with Gasteiger partial charge in [-0.3, -0.25) is 9.59 Å². The van der Waals surface area contributed by atoms with Crippen LogP contribution in [0.3, 0.4) is 0 Å². The fraction of sp³-hybridized carbons (Fsp3) is 0.312. The Morgan fingerprint density at radius 2 is 2.27 bits per heavy atom. The first-order valence-electron chi connectivity index (χ1n) is 7.09. The minimum absolute atomic E-state index is 0.209. The Labute approximate surface area is 132 Å². The molecule has 0 radical (unpaired) electrons. The molecule has 0 saturated carbocycles. The number of esters is 1. The largest absolute Gasteiger partial charge is 0.465 e. The summed E-state index contributed by atoms with van der Waals surface area (Å²) in [6, 6.07) is 7.11. The maximum absolute atomic E-state index is 12.0. The van der Waals surface area contributed by atoms with Crippen LogP contribution in [0.5, 0.6) is 0 Å². The lowest BCUT2D eigenvalue weighted by Crippen LogP contribution is -2.21. The third kappa shape index (κ3) is 3.98. The van der Waals surface area contributed by atoms with E-state index in [1.54, 1.807) is 31.2 Å². The third-order valence-electron chi connectivity index (χ3n) is 3.03. The van der Waals surface area contributed by atoms with Crippen molar-refractivity contribution in [2.24, 2.45) is 0 Å². The van der Waals surface area contributed by atoms with Crippen LogP contribution in [0.2, 0.25) is 0 Å². The van der Waals surface area contributed by atoms with Gasteiger partial charge in [0.05, 0.1) is 17.5 Å². The fourth-order valence-corrected chi connectivity index (χ4v) is 2.98. The second kappa shape index (κ2) is 7.79. The Balaban J connectivity index is 2.27. The summed E-state index contributed by atoms with van der Waals surface area (Å²) in [7, 11) is 0. The zero-order valence-electron chi connectivity index (χ0n) is 12.4. The normalized spacial score (nSPS) is 12.0. The highest BCUT2D eigenvalue weighted by molar-refractivity contribution is 8.00. The molecule has 0 amide bonds. The summed E-state index contributed by atoms with van der Waals surface area (Å²) in [5.41, 5.74) is 0.402. The van der Waals surface area contributed by atoms with Gasteiger partial charge in [0.15, 0.2) is 5.16 Å². The number of para-hydroxylation sites is 1. The molecule has 1 atom stereocenters. The van der Waals surface area contributed by atoms with E-state index >= 15 is 0 Å². The SMILES string of the molecule is C=CCCC(Sc1nc2ccccc2c(=O)[nH]1)C(=O)OCC. The Bertz CT molecular complexity index is 727. The Morgan fingerprint density at radius 1 is 1.50 bits per heavy atom. The van der Waals surface area contributed by atoms with Crippen molar-refractivity contribution in [2.75, 3.05) is 6.61 Å². The number of fused-ring (bicyclic) bond motifs is 1. The summed E-state index contributed by atoms with van der Waals surface area (Å²) >= 11 is 1.22. The van der Waals surface area contributed by atoms with Crippen molar-refractivity contribution < 1.29 is 9.53 Å². The van der Waals surface area contributed by atoms with Gasteiger partial charge in [-0.25, -0.2) is 4.98 Å². The molecule has 1 aromatic carbocycles. The number of aromatic nitrogens is 2. The van der Waals surface area contributed by atoms with Crippen molar-refractivity contribution in [1.29, 1.82) is 0 Å². The minimum Gasteiger partial charge on any atom is -0.465 e. The summed E-state index contributed by atoms with van der Waals surface area (Å²) in [6.07, 6.45) is 3.03. The molecule has 2 rings (SSSR count). The average Bonchev–Trinajstić information content (AvgIpc) is 2.51. The zero-order valence-corrected chi connectivity index (χ0v) is 13.2. The lowest BCUT2D eigenvalue weighted by atomic mass is 10.2. The van der Waals surface area contributed by atoms with Crippen LogP contribution in [0.25, 0.3) is 10.9 Å². The number of benzene rings is 1. The van der Waals surface area contributed by atoms with Crippen molar-refractivity contribution in [3.63, 3.8) is 0 Å². The van der Waals surface area contributed by atoms with E-state index in [1.807, 2.05) is 6.07 Å². The van der Waals surface area contributed by atoms with Gasteiger partial charge in [0, 0.05) is 0 Å². The molecule has 0 spiro atoms. The van der Waals surface area contributed by atoms with Gasteiger partial charge in [-0.15, -0.1) is 6.58 Å². The quantitative estimate of drug-likeness (QED) is 0.368. The predicted octanol–water partition coefficient (Wildman–Crippen LogP) is 2.91. The summed E-state index contributed by atoms with van der Waals surface area (Å²) in [5, 5.41) is 0.540. The second-order valence-corrected chi connectivity index (χ2v) is 5.80. The molecule has 1 unspecified atom stereocenters. The summed E-state index contributed by atoms with van der Waals surface area (Å²) in [6.45, 7) is 5.76. The fourth-order valence-electron chi connectivity index (χ4n) is 1.98. The number of nitrogens with one attached hydrogen (secondary N) is 1. The van der Waals surface area contributed by atoms with Gasteiger partial charge in [0.1, 0.15) is 5.25 Å². The van der Waals surface area contributed by atoms with Crippen LogP contribution in [0.1, 0.15) is 19.8 Å². The van der Waals surface area contributed by atoms with Crippen LogP contribution >= 0.6 is 11.8 Å². The topological polar surface area (TPSA) is 72.0 Å². The highest BCUT2D eigenvalue weighted by Gasteiger charge is 2.22. The highest BCUT2D eigenvalue weighted by Crippen LogP contribution is 2.25. The molecule has 22 heavy (non-hydrogen) atoms. The second-order valence-electron chi connectivity index (χ2n) is 4.61. The van der Waals surface area contributed by atoms with Crippen LogP contribution in [0.15, 0.2) is 46.9 Å². The smallest absolute Gasteiger partial charge is 0.319 e. The number of carbonyl (C=O) groups is 1. The molecule has 116 valence electrons. The summed E-state index contributed by atoms with van der Waals surface area (Å²) in [4.78, 5) is 31.2. The molecule has 1 aromatic heterocycles. The number of carbonyl (C=O) groups excluding carboxylic acids is 1. The van der Waals surface area contributed by atoms with Crippen molar-refractivity contribution >= 4 is 28.6 Å². The number of ether oxygens (including phenoxy) is 1. The lowest BCUT2D eigenvalue weighted by Gasteiger charge is -2.13. The van der Waals surface area contributed by atoms with Gasteiger partial charge >= 0.3 is 5.97 Å². The minimum atomic E-state index is -0.415. The van der Waals surface area contributed by atoms with Gasteiger partial charge in [-0.1, -0.05) is 30.0 Å². The monoisotopic (exact) mass is 318 g/mol. The molecular weight excluding hydrogens is 300 g/mol. The maximum atomic E-state index is 12.0. The summed E-state index contributed by atoms with van der Waals surface area (Å²) < 4.78 is 5.08. The van der Waals surface area contributed by atoms with Crippen LogP contribution in [-0.2, 0) is 9.53 Å². The van der Waals surface area contributed by atoms with Gasteiger partial charge in [-0.2, -0.15) is 0 Å². The van der Waals surface area contributed by atoms with Crippen molar-refractivity contribution in [3.05, 3.63) is 47.3 Å². The first-order valence-corrected chi connectivity index (χ1v) is 7.97. The van der Waals surface area contributed by atoms with E-state index in [1.165, 1.54) is 11.8 Å². The van der Waals surface area contributed by atoms with E-state index in [2.05, 4.69) is 16.5 Å². The number of hydrogen-bond acceptors (Lipinski definition) is 5. The molecule has 2 aromatic rings. The maximum Gasteiger partial charge on any atom is 0.319 e. The third-order valence-corrected chi connectivity index (χ3v) is 4.16. The van der Waals surface area contributed by atoms with E-state index < -0.39 is 5.25 Å². The van der Waals surface area contributed by atoms with Crippen LogP contribution in [0.4, 0.5) is 0 Å². The molecule has 0 aliphatic heterocycles. The van der Waals surface area contributed by atoms with Crippen molar-refractivity contribution in [1.82, 2.24) is 9.97 Å². The Kier molecular flexibility index (Phi) is 5.77. The molecule has 6 heteroatoms. The standard InChI is InChI=1S/C16H18N2O3S/c1-3-5-10-13(15(20)21-4-2)22-16-17-12-9-7-6-8-11(12)14(19)18-16/h3,6-9,13H,1,4-5,10H2,2H3,(H,17,18,19). The number of thioether (sulfide) groups is 1. The predicted molar refractivity (Wildman–Crippen MR) is 88.1 cm³/mol. The van der Waals surface area contributed by atoms with Crippen LogP contribution in [-0.4, -0.2) is 27.8 Å². The molecule has 5 nitrogen and oxygen atoms in total. The first-order chi connectivity index (χ1) is 10.7. The highest BCUT2D eigenvalue weighted by atomic mass is 32.2. The van der Waals surface area contributed by atoms with E-state index in [4.69, 9.17) is 4.74 Å². The van der Waals surface area contributed by atoms with Crippen molar-refractivity contribution in [2.45, 2.75) is 30.2 Å². The van der Waals surface area contributed by atoms with E-state index in [0.29, 0.717) is 35.5 Å². The van der Waals surface area contributed by atoms with Gasteiger partial charge in [0.25, 0.3) is 5.56 Å². The number of H-pyrrole nitrogens is 1. The lowest BCUT2D eigenvalue weighted by molar-refractivity contribution is -0.142. The van der Waals surface area contributed by atoms with Gasteiger partial charge in [0.2, 0.25) is 0 Å². The Morgan fingerprint density at radius 3 is 3.00 bits per heavy atom. The van der Waals surface area contributed by atoms with Crippen molar-refractivity contribution in [3.8, 4) is 0 Å². The van der Waals surface area contributed by atoms with E-state index in [-0.39, 0.29) is 11.5 Å². The molecular formula is C16H18N2O3S. The molecule has 0 bridgehead atoms. The number of rotatable bonds is 7. The van der Waals surface area contributed by atoms with Gasteiger partial charge in [-0.05, 0) is 31.9 Å². The molecule has 1 heterocycles. The molecule has 0 aliphatic carbocycles. The zero-order chi connectivity index (χ0) is 15.9. The first kappa shape index (κ1) is 16.3. The van der Waals surface area contributed by atoms with Crippen LogP contribution in [0, 0.1) is 0 Å². The number of hydrogen-bond donors (Lipinski definition) is 1. The molecule has 0 aliphatic rings. The molecule has 0 saturated heterocycles. The van der Waals surface area contributed by atoms with Crippen LogP contribution < -0.4 is 5.56 Å². The Hall–Kier alpha value is -2.08. The van der Waals surface area contributed by atoms with Gasteiger partial charge < -0.3 is 9.72 Å². The van der Waals surface area contributed by atoms with E-state index in [0.717, 1.165) is 0 Å². The molecule has 1 N–H and O–H groups in total.